The van der Waals surface area contributed by atoms with Crippen LogP contribution < -0.4 is 0 Å². The molecule has 0 bridgehead atoms. The minimum atomic E-state index is -4.72. The normalized spacial score (nSPS) is 9.73. The van der Waals surface area contributed by atoms with Gasteiger partial charge in [0.25, 0.3) is 0 Å². The van der Waals surface area contributed by atoms with Crippen LogP contribution in [0.15, 0.2) is 54.6 Å². The van der Waals surface area contributed by atoms with Gasteiger partial charge in [0.05, 0.1) is 16.7 Å². The zero-order valence-corrected chi connectivity index (χ0v) is 13.2. The minimum absolute atomic E-state index is 0. The molecule has 0 aromatic heterocycles. The van der Waals surface area contributed by atoms with E-state index in [-0.39, 0.29) is 46.2 Å². The molecule has 0 aliphatic rings. The standard InChI is InChI=1S/C8H6O4.C7H6O5S.Na.H/c9-7(10)5-1-2-6(4-3-5)8(11)12;8-7(12-13(9,10)11)6-4-2-1-3-5-6;;/h1-4H,(H,9,10)(H,11,12);1-5H,(H,9,10,11);;. The molecule has 0 heterocycles. The fraction of sp³-hybridized carbons (Fsp3) is 0. The first-order valence-electron chi connectivity index (χ1n) is 6.43. The maximum atomic E-state index is 10.9. The van der Waals surface area contributed by atoms with Crippen molar-refractivity contribution in [2.24, 2.45) is 0 Å². The molecule has 2 aromatic rings. The topological polar surface area (TPSA) is 155 Å². The summed E-state index contributed by atoms with van der Waals surface area (Å²) in [6.45, 7) is 0. The summed E-state index contributed by atoms with van der Waals surface area (Å²) >= 11 is 0. The van der Waals surface area contributed by atoms with Crippen molar-refractivity contribution in [1.82, 2.24) is 0 Å². The fourth-order valence-electron chi connectivity index (χ4n) is 1.47. The van der Waals surface area contributed by atoms with Gasteiger partial charge < -0.3 is 14.4 Å². The van der Waals surface area contributed by atoms with E-state index in [2.05, 4.69) is 4.18 Å². The van der Waals surface area contributed by atoms with Crippen LogP contribution in [-0.4, -0.2) is 70.6 Å². The fourth-order valence-corrected chi connectivity index (χ4v) is 1.76. The predicted molar refractivity (Wildman–Crippen MR) is 90.9 cm³/mol. The van der Waals surface area contributed by atoms with Gasteiger partial charge in [-0.05, 0) is 36.4 Å². The van der Waals surface area contributed by atoms with Gasteiger partial charge in [0.1, 0.15) is 0 Å². The summed E-state index contributed by atoms with van der Waals surface area (Å²) in [5.74, 6) is -3.23. The Kier molecular flexibility index (Phi) is 9.76. The van der Waals surface area contributed by atoms with Gasteiger partial charge in [0, 0.05) is 0 Å². The van der Waals surface area contributed by atoms with E-state index in [1.165, 1.54) is 36.4 Å². The third-order valence-electron chi connectivity index (χ3n) is 2.57. The average Bonchev–Trinajstić information content (AvgIpc) is 2.54. The molecule has 0 aliphatic carbocycles. The molecule has 0 unspecified atom stereocenters. The van der Waals surface area contributed by atoms with Crippen molar-refractivity contribution in [3.05, 3.63) is 71.3 Å². The molecule has 26 heavy (non-hydrogen) atoms. The van der Waals surface area contributed by atoms with Crippen LogP contribution in [0.3, 0.4) is 0 Å². The second-order valence-electron chi connectivity index (χ2n) is 4.35. The second-order valence-corrected chi connectivity index (χ2v) is 5.37. The zero-order valence-electron chi connectivity index (χ0n) is 12.4. The number of rotatable bonds is 4. The molecule has 0 radical (unpaired) electrons. The number of benzene rings is 2. The van der Waals surface area contributed by atoms with Gasteiger partial charge in [0.15, 0.2) is 0 Å². The molecule has 0 fully saturated rings. The van der Waals surface area contributed by atoms with Gasteiger partial charge in [0.2, 0.25) is 0 Å². The van der Waals surface area contributed by atoms with Crippen LogP contribution in [0.5, 0.6) is 0 Å². The molecule has 3 N–H and O–H groups in total. The Morgan fingerprint density at radius 3 is 1.42 bits per heavy atom. The monoisotopic (exact) mass is 392 g/mol. The summed E-state index contributed by atoms with van der Waals surface area (Å²) in [6, 6.07) is 12.5. The van der Waals surface area contributed by atoms with Crippen molar-refractivity contribution in [2.75, 3.05) is 0 Å². The molecule has 134 valence electrons. The van der Waals surface area contributed by atoms with E-state index in [1.807, 2.05) is 0 Å². The summed E-state index contributed by atoms with van der Waals surface area (Å²) < 4.78 is 32.1. The number of carbonyl (C=O) groups is 3. The Morgan fingerprint density at radius 1 is 0.731 bits per heavy atom. The van der Waals surface area contributed by atoms with Crippen molar-refractivity contribution in [3.63, 3.8) is 0 Å². The summed E-state index contributed by atoms with van der Waals surface area (Å²) in [5.41, 5.74) is 0.222. The molecule has 0 saturated heterocycles. The van der Waals surface area contributed by atoms with E-state index in [0.717, 1.165) is 0 Å². The Morgan fingerprint density at radius 2 is 1.12 bits per heavy atom. The second kappa shape index (κ2) is 10.7. The first kappa shape index (κ1) is 23.8. The number of hydrogen-bond donors (Lipinski definition) is 3. The van der Waals surface area contributed by atoms with E-state index in [4.69, 9.17) is 14.8 Å². The number of aromatic carboxylic acids is 2. The van der Waals surface area contributed by atoms with Crippen molar-refractivity contribution in [3.8, 4) is 0 Å². The number of hydrogen-bond acceptors (Lipinski definition) is 6. The first-order valence-corrected chi connectivity index (χ1v) is 7.79. The molecule has 11 heteroatoms. The summed E-state index contributed by atoms with van der Waals surface area (Å²) in [5, 5.41) is 16.9. The molecule has 0 amide bonds. The SMILES string of the molecule is O=C(O)c1ccc(C(=O)O)cc1.O=C(OS(=O)(=O)O)c1ccccc1.[NaH]. The summed E-state index contributed by atoms with van der Waals surface area (Å²) in [7, 11) is -4.72. The van der Waals surface area contributed by atoms with Crippen LogP contribution in [-0.2, 0) is 14.6 Å². The molecule has 2 rings (SSSR count). The molecule has 0 atom stereocenters. The van der Waals surface area contributed by atoms with Crippen LogP contribution in [0.2, 0.25) is 0 Å². The van der Waals surface area contributed by atoms with Crippen molar-refractivity contribution in [2.45, 2.75) is 0 Å². The molecule has 0 saturated carbocycles. The van der Waals surface area contributed by atoms with Gasteiger partial charge in [-0.25, -0.2) is 14.4 Å². The summed E-state index contributed by atoms with van der Waals surface area (Å²) in [4.78, 5) is 31.6. The molecule has 0 aliphatic heterocycles. The maximum absolute atomic E-state index is 10.9. The Labute approximate surface area is 170 Å². The Bertz CT molecular complexity index is 829. The zero-order chi connectivity index (χ0) is 19.0. The average molecular weight is 392 g/mol. The molecule has 2 aromatic carbocycles. The van der Waals surface area contributed by atoms with Crippen LogP contribution >= 0.6 is 0 Å². The van der Waals surface area contributed by atoms with Gasteiger partial charge >= 0.3 is 57.9 Å². The van der Waals surface area contributed by atoms with Crippen LogP contribution in [0.4, 0.5) is 0 Å². The van der Waals surface area contributed by atoms with Gasteiger partial charge in [-0.1, -0.05) is 18.2 Å². The van der Waals surface area contributed by atoms with Gasteiger partial charge in [-0.2, -0.15) is 8.42 Å². The Balaban J connectivity index is 0.000000464. The van der Waals surface area contributed by atoms with E-state index in [1.54, 1.807) is 18.2 Å². The molecular formula is C15H13NaO9S. The predicted octanol–water partition coefficient (Wildman–Crippen LogP) is 1.08. The van der Waals surface area contributed by atoms with Crippen molar-refractivity contribution >= 4 is 57.9 Å². The number of carboxylic acid groups (broad SMARTS) is 2. The van der Waals surface area contributed by atoms with Crippen molar-refractivity contribution < 1.29 is 41.8 Å². The third kappa shape index (κ3) is 8.74. The first-order chi connectivity index (χ1) is 11.6. The van der Waals surface area contributed by atoms with Gasteiger partial charge in [-0.15, -0.1) is 0 Å². The third-order valence-corrected chi connectivity index (χ3v) is 2.93. The quantitative estimate of drug-likeness (QED) is 0.512. The summed E-state index contributed by atoms with van der Waals surface area (Å²) in [6.07, 6.45) is 0. The van der Waals surface area contributed by atoms with E-state index in [9.17, 15) is 22.8 Å². The van der Waals surface area contributed by atoms with E-state index >= 15 is 0 Å². The van der Waals surface area contributed by atoms with Crippen LogP contribution in [0.1, 0.15) is 31.1 Å². The number of carbonyl (C=O) groups excluding carboxylic acids is 1. The van der Waals surface area contributed by atoms with Crippen molar-refractivity contribution in [1.29, 1.82) is 0 Å². The van der Waals surface area contributed by atoms with E-state index in [0.29, 0.717) is 0 Å². The van der Waals surface area contributed by atoms with Crippen LogP contribution in [0, 0.1) is 0 Å². The number of carboxylic acids is 2. The molecular weight excluding hydrogens is 379 g/mol. The van der Waals surface area contributed by atoms with Gasteiger partial charge in [-0.3, -0.25) is 4.55 Å². The Hall–Kier alpha value is -2.24. The molecule has 0 spiro atoms. The van der Waals surface area contributed by atoms with Crippen LogP contribution in [0.25, 0.3) is 0 Å². The van der Waals surface area contributed by atoms with E-state index < -0.39 is 28.3 Å². The molecule has 9 nitrogen and oxygen atoms in total.